The van der Waals surface area contributed by atoms with Crippen molar-refractivity contribution in [1.82, 2.24) is 4.57 Å². The summed E-state index contributed by atoms with van der Waals surface area (Å²) in [7, 11) is 1.69. The summed E-state index contributed by atoms with van der Waals surface area (Å²) in [6.07, 6.45) is 8.91. The van der Waals surface area contributed by atoms with Crippen LogP contribution in [0.4, 0.5) is 0 Å². The van der Waals surface area contributed by atoms with Crippen molar-refractivity contribution in [2.24, 2.45) is 17.8 Å². The Morgan fingerprint density at radius 3 is 2.68 bits per heavy atom. The zero-order chi connectivity index (χ0) is 22.0. The number of nitrogens with zero attached hydrogens (tertiary/aromatic N) is 2. The first-order valence-electron chi connectivity index (χ1n) is 11.9. The molecule has 3 atom stereocenters. The Bertz CT molecular complexity index is 900. The number of imidazole rings is 1. The number of carbonyl (C=O) groups is 1. The van der Waals surface area contributed by atoms with Crippen molar-refractivity contribution in [3.8, 4) is 17.0 Å². The van der Waals surface area contributed by atoms with Crippen LogP contribution in [0.5, 0.6) is 5.75 Å². The van der Waals surface area contributed by atoms with Gasteiger partial charge in [0.25, 0.3) is 5.82 Å². The maximum Gasteiger partial charge on any atom is 0.348 e. The van der Waals surface area contributed by atoms with Gasteiger partial charge in [0.2, 0.25) is 0 Å². The van der Waals surface area contributed by atoms with Gasteiger partial charge in [-0.15, -0.1) is 0 Å². The fourth-order valence-electron chi connectivity index (χ4n) is 5.39. The zero-order valence-electron chi connectivity index (χ0n) is 19.5. The summed E-state index contributed by atoms with van der Waals surface area (Å²) in [5.41, 5.74) is 2.31. The predicted molar refractivity (Wildman–Crippen MR) is 121 cm³/mol. The number of benzene rings is 1. The SMILES string of the molecule is COc1ccc(-c2c[n+](CC(=O)OC3CC(C)CCC3C(C)C)c3n2CCCC3)cc1. The normalized spacial score (nSPS) is 23.5. The molecule has 1 fully saturated rings. The van der Waals surface area contributed by atoms with E-state index in [1.807, 2.05) is 12.1 Å². The second kappa shape index (κ2) is 9.46. The van der Waals surface area contributed by atoms with E-state index in [-0.39, 0.29) is 12.1 Å². The first-order chi connectivity index (χ1) is 15.0. The van der Waals surface area contributed by atoms with Crippen LogP contribution in [0.2, 0.25) is 0 Å². The number of fused-ring (bicyclic) bond motifs is 1. The summed E-state index contributed by atoms with van der Waals surface area (Å²) in [5.74, 6) is 3.63. The van der Waals surface area contributed by atoms with Crippen LogP contribution in [0.3, 0.4) is 0 Å². The summed E-state index contributed by atoms with van der Waals surface area (Å²) >= 11 is 0. The quantitative estimate of drug-likeness (QED) is 0.494. The minimum absolute atomic E-state index is 0.0522. The molecule has 1 aromatic heterocycles. The third kappa shape index (κ3) is 4.81. The van der Waals surface area contributed by atoms with Gasteiger partial charge in [0.1, 0.15) is 18.1 Å². The van der Waals surface area contributed by atoms with E-state index in [9.17, 15) is 4.79 Å². The average molecular weight is 426 g/mol. The Hall–Kier alpha value is -2.30. The van der Waals surface area contributed by atoms with Gasteiger partial charge in [0, 0.05) is 12.0 Å². The van der Waals surface area contributed by atoms with Gasteiger partial charge < -0.3 is 9.47 Å². The third-order valence-electron chi connectivity index (χ3n) is 7.17. The van der Waals surface area contributed by atoms with Gasteiger partial charge in [-0.25, -0.2) is 13.9 Å². The van der Waals surface area contributed by atoms with Crippen molar-refractivity contribution >= 4 is 5.97 Å². The number of methoxy groups -OCH3 is 1. The lowest BCUT2D eigenvalue weighted by Crippen LogP contribution is -2.44. The van der Waals surface area contributed by atoms with Crippen molar-refractivity contribution in [2.75, 3.05) is 7.11 Å². The highest BCUT2D eigenvalue weighted by atomic mass is 16.5. The van der Waals surface area contributed by atoms with Crippen molar-refractivity contribution in [2.45, 2.75) is 78.5 Å². The highest BCUT2D eigenvalue weighted by Crippen LogP contribution is 2.35. The van der Waals surface area contributed by atoms with E-state index in [2.05, 4.69) is 48.2 Å². The minimum atomic E-state index is -0.102. The van der Waals surface area contributed by atoms with Gasteiger partial charge in [0.15, 0.2) is 12.2 Å². The molecule has 0 amide bonds. The number of carbonyl (C=O) groups excluding carboxylic acids is 1. The molecular weight excluding hydrogens is 388 g/mol. The average Bonchev–Trinajstić information content (AvgIpc) is 3.12. The fourth-order valence-corrected chi connectivity index (χ4v) is 5.39. The summed E-state index contributed by atoms with van der Waals surface area (Å²) in [5, 5.41) is 0. The van der Waals surface area contributed by atoms with Crippen LogP contribution >= 0.6 is 0 Å². The van der Waals surface area contributed by atoms with Crippen molar-refractivity contribution < 1.29 is 18.8 Å². The Kier molecular flexibility index (Phi) is 6.68. The Morgan fingerprint density at radius 2 is 1.97 bits per heavy atom. The van der Waals surface area contributed by atoms with Crippen molar-refractivity contribution in [3.05, 3.63) is 36.3 Å². The maximum absolute atomic E-state index is 13.0. The van der Waals surface area contributed by atoms with Crippen LogP contribution in [-0.2, 0) is 29.0 Å². The first-order valence-corrected chi connectivity index (χ1v) is 11.9. The molecule has 1 aliphatic carbocycles. The van der Waals surface area contributed by atoms with Gasteiger partial charge in [-0.3, -0.25) is 0 Å². The molecule has 5 heteroatoms. The van der Waals surface area contributed by atoms with Crippen molar-refractivity contribution in [1.29, 1.82) is 0 Å². The lowest BCUT2D eigenvalue weighted by Gasteiger charge is -2.36. The van der Waals surface area contributed by atoms with Crippen LogP contribution in [0.15, 0.2) is 30.5 Å². The molecule has 2 aromatic rings. The number of aromatic nitrogens is 2. The number of hydrogen-bond donors (Lipinski definition) is 0. The van der Waals surface area contributed by atoms with E-state index in [0.29, 0.717) is 24.3 Å². The molecule has 4 rings (SSSR count). The molecule has 2 heterocycles. The molecule has 0 radical (unpaired) electrons. The van der Waals surface area contributed by atoms with E-state index >= 15 is 0 Å². The first kappa shape index (κ1) is 21.9. The molecule has 0 bridgehead atoms. The largest absolute Gasteiger partial charge is 0.497 e. The van der Waals surface area contributed by atoms with Crippen LogP contribution in [-0.4, -0.2) is 23.8 Å². The highest BCUT2D eigenvalue weighted by Gasteiger charge is 2.34. The molecule has 0 spiro atoms. The fraction of sp³-hybridized carbons (Fsp3) is 0.615. The number of rotatable bonds is 6. The molecule has 168 valence electrons. The van der Waals surface area contributed by atoms with Crippen LogP contribution in [0.1, 0.15) is 58.7 Å². The highest BCUT2D eigenvalue weighted by molar-refractivity contribution is 5.68. The van der Waals surface area contributed by atoms with Gasteiger partial charge in [-0.05, 0) is 67.7 Å². The number of ether oxygens (including phenoxy) is 2. The van der Waals surface area contributed by atoms with E-state index in [1.54, 1.807) is 7.11 Å². The molecule has 1 aliphatic heterocycles. The van der Waals surface area contributed by atoms with Crippen LogP contribution < -0.4 is 9.30 Å². The van der Waals surface area contributed by atoms with E-state index in [0.717, 1.165) is 49.2 Å². The molecular formula is C26H37N2O3+. The predicted octanol–water partition coefficient (Wildman–Crippen LogP) is 4.79. The summed E-state index contributed by atoms with van der Waals surface area (Å²) in [6.45, 7) is 8.07. The van der Waals surface area contributed by atoms with E-state index < -0.39 is 0 Å². The Morgan fingerprint density at radius 1 is 1.19 bits per heavy atom. The van der Waals surface area contributed by atoms with E-state index in [1.165, 1.54) is 18.7 Å². The molecule has 1 aromatic carbocycles. The minimum Gasteiger partial charge on any atom is -0.497 e. The van der Waals surface area contributed by atoms with E-state index in [4.69, 9.17) is 9.47 Å². The van der Waals surface area contributed by atoms with Gasteiger partial charge in [-0.1, -0.05) is 27.2 Å². The van der Waals surface area contributed by atoms with Gasteiger partial charge >= 0.3 is 5.97 Å². The Labute approximate surface area is 186 Å². The summed E-state index contributed by atoms with van der Waals surface area (Å²) in [4.78, 5) is 13.0. The second-order valence-electron chi connectivity index (χ2n) is 9.75. The summed E-state index contributed by atoms with van der Waals surface area (Å²) < 4.78 is 15.9. The molecule has 1 saturated carbocycles. The number of hydrogen-bond acceptors (Lipinski definition) is 3. The summed E-state index contributed by atoms with van der Waals surface area (Å²) in [6, 6.07) is 8.17. The van der Waals surface area contributed by atoms with Gasteiger partial charge in [0.05, 0.1) is 13.7 Å². The topological polar surface area (TPSA) is 44.3 Å². The second-order valence-corrected chi connectivity index (χ2v) is 9.75. The Balaban J connectivity index is 1.54. The molecule has 31 heavy (non-hydrogen) atoms. The zero-order valence-corrected chi connectivity index (χ0v) is 19.5. The lowest BCUT2D eigenvalue weighted by atomic mass is 9.75. The lowest BCUT2D eigenvalue weighted by molar-refractivity contribution is -0.693. The molecule has 0 N–H and O–H groups in total. The molecule has 5 nitrogen and oxygen atoms in total. The molecule has 3 unspecified atom stereocenters. The standard InChI is InChI=1S/C26H37N2O3/c1-18(2)22-13-8-19(3)15-24(22)31-26(29)17-27-16-23(28-14-6-5-7-25(27)28)20-9-11-21(30-4)12-10-20/h9-12,16,18-19,22,24H,5-8,13-15,17H2,1-4H3/q+1. The van der Waals surface area contributed by atoms with Gasteiger partial charge in [-0.2, -0.15) is 0 Å². The van der Waals surface area contributed by atoms with Crippen LogP contribution in [0.25, 0.3) is 11.3 Å². The molecule has 0 saturated heterocycles. The van der Waals surface area contributed by atoms with Crippen molar-refractivity contribution in [3.63, 3.8) is 0 Å². The smallest absolute Gasteiger partial charge is 0.348 e. The number of esters is 1. The maximum atomic E-state index is 13.0. The third-order valence-corrected chi connectivity index (χ3v) is 7.17. The monoisotopic (exact) mass is 425 g/mol. The molecule has 2 aliphatic rings. The van der Waals surface area contributed by atoms with Crippen LogP contribution in [0, 0.1) is 17.8 Å².